The minimum Gasteiger partial charge on any atom is -0.465 e. The molecule has 2 aliphatic heterocycles. The zero-order valence-corrected chi connectivity index (χ0v) is 11.3. The molecule has 0 radical (unpaired) electrons. The van der Waals surface area contributed by atoms with E-state index >= 15 is 0 Å². The largest absolute Gasteiger partial charge is 0.465 e. The van der Waals surface area contributed by atoms with E-state index in [1.807, 2.05) is 23.1 Å². The van der Waals surface area contributed by atoms with Crippen molar-refractivity contribution in [2.24, 2.45) is 0 Å². The molecule has 0 spiro atoms. The van der Waals surface area contributed by atoms with E-state index in [4.69, 9.17) is 5.11 Å². The molecule has 0 aliphatic carbocycles. The fourth-order valence-corrected chi connectivity index (χ4v) is 3.01. The van der Waals surface area contributed by atoms with Crippen LogP contribution in [-0.4, -0.2) is 30.2 Å². The molecule has 1 saturated heterocycles. The van der Waals surface area contributed by atoms with Crippen molar-refractivity contribution < 1.29 is 14.7 Å². The quantitative estimate of drug-likeness (QED) is 0.856. The average molecular weight is 274 g/mol. The van der Waals surface area contributed by atoms with Gasteiger partial charge in [-0.2, -0.15) is 0 Å². The highest BCUT2D eigenvalue weighted by Gasteiger charge is 2.26. The molecule has 20 heavy (non-hydrogen) atoms. The SMILES string of the molecule is O=C1CCCCCN1c1ccc2c(c1)CCN2C(=O)O. The number of fused-ring (bicyclic) bond motifs is 1. The molecule has 2 aliphatic rings. The third-order valence-electron chi connectivity index (χ3n) is 4.07. The first-order chi connectivity index (χ1) is 9.66. The number of nitrogens with zero attached hydrogens (tertiary/aromatic N) is 2. The Morgan fingerprint density at radius 1 is 1.10 bits per heavy atom. The van der Waals surface area contributed by atoms with E-state index in [1.54, 1.807) is 0 Å². The van der Waals surface area contributed by atoms with Gasteiger partial charge in [-0.1, -0.05) is 6.42 Å². The van der Waals surface area contributed by atoms with Gasteiger partial charge < -0.3 is 10.0 Å². The number of hydrogen-bond acceptors (Lipinski definition) is 2. The molecule has 1 aromatic rings. The molecular formula is C15H18N2O3. The van der Waals surface area contributed by atoms with Gasteiger partial charge in [0.05, 0.1) is 5.69 Å². The summed E-state index contributed by atoms with van der Waals surface area (Å²) in [7, 11) is 0. The number of carbonyl (C=O) groups is 2. The Hall–Kier alpha value is -2.04. The normalized spacial score (nSPS) is 18.9. The van der Waals surface area contributed by atoms with Crippen LogP contribution in [-0.2, 0) is 11.2 Å². The number of rotatable bonds is 1. The van der Waals surface area contributed by atoms with Gasteiger partial charge in [-0.15, -0.1) is 0 Å². The molecule has 5 nitrogen and oxygen atoms in total. The summed E-state index contributed by atoms with van der Waals surface area (Å²) in [5, 5.41) is 9.12. The smallest absolute Gasteiger partial charge is 0.411 e. The first kappa shape index (κ1) is 13.0. The van der Waals surface area contributed by atoms with Crippen LogP contribution in [0.5, 0.6) is 0 Å². The maximum atomic E-state index is 12.1. The first-order valence-electron chi connectivity index (χ1n) is 7.10. The van der Waals surface area contributed by atoms with Gasteiger partial charge in [-0.3, -0.25) is 9.69 Å². The van der Waals surface area contributed by atoms with E-state index < -0.39 is 6.09 Å². The van der Waals surface area contributed by atoms with Crippen LogP contribution in [0.15, 0.2) is 18.2 Å². The lowest BCUT2D eigenvalue weighted by atomic mass is 10.1. The van der Waals surface area contributed by atoms with Gasteiger partial charge >= 0.3 is 6.09 Å². The lowest BCUT2D eigenvalue weighted by Crippen LogP contribution is -2.30. The van der Waals surface area contributed by atoms with E-state index in [0.29, 0.717) is 13.0 Å². The van der Waals surface area contributed by atoms with Crippen LogP contribution in [0, 0.1) is 0 Å². The van der Waals surface area contributed by atoms with Gasteiger partial charge in [-0.25, -0.2) is 4.79 Å². The Kier molecular flexibility index (Phi) is 3.34. The van der Waals surface area contributed by atoms with E-state index in [0.717, 1.165) is 49.2 Å². The molecule has 1 fully saturated rings. The van der Waals surface area contributed by atoms with Crippen molar-refractivity contribution in [3.05, 3.63) is 23.8 Å². The van der Waals surface area contributed by atoms with Crippen molar-refractivity contribution in [2.45, 2.75) is 32.1 Å². The molecule has 1 N–H and O–H groups in total. The van der Waals surface area contributed by atoms with Crippen LogP contribution >= 0.6 is 0 Å². The Balaban J connectivity index is 1.89. The third-order valence-corrected chi connectivity index (χ3v) is 4.07. The Labute approximate surface area is 117 Å². The van der Waals surface area contributed by atoms with Gasteiger partial charge in [0, 0.05) is 25.2 Å². The lowest BCUT2D eigenvalue weighted by molar-refractivity contribution is -0.118. The molecule has 2 heterocycles. The number of benzene rings is 1. The van der Waals surface area contributed by atoms with Crippen molar-refractivity contribution in [2.75, 3.05) is 22.9 Å². The highest BCUT2D eigenvalue weighted by Crippen LogP contribution is 2.32. The van der Waals surface area contributed by atoms with Crippen LogP contribution in [0.25, 0.3) is 0 Å². The predicted octanol–water partition coefficient (Wildman–Crippen LogP) is 2.63. The molecular weight excluding hydrogens is 256 g/mol. The molecule has 106 valence electrons. The summed E-state index contributed by atoms with van der Waals surface area (Å²) in [4.78, 5) is 26.4. The fourth-order valence-electron chi connectivity index (χ4n) is 3.01. The van der Waals surface area contributed by atoms with E-state index in [9.17, 15) is 9.59 Å². The number of hydrogen-bond donors (Lipinski definition) is 1. The second kappa shape index (κ2) is 5.15. The monoisotopic (exact) mass is 274 g/mol. The predicted molar refractivity (Wildman–Crippen MR) is 76.3 cm³/mol. The summed E-state index contributed by atoms with van der Waals surface area (Å²) in [6, 6.07) is 5.66. The van der Waals surface area contributed by atoms with Crippen LogP contribution in [0.2, 0.25) is 0 Å². The minimum atomic E-state index is -0.914. The maximum Gasteiger partial charge on any atom is 0.411 e. The topological polar surface area (TPSA) is 60.9 Å². The molecule has 3 rings (SSSR count). The van der Waals surface area contributed by atoms with Crippen LogP contribution in [0.4, 0.5) is 16.2 Å². The Morgan fingerprint density at radius 3 is 2.75 bits per heavy atom. The van der Waals surface area contributed by atoms with E-state index in [1.165, 1.54) is 4.90 Å². The first-order valence-corrected chi connectivity index (χ1v) is 7.10. The summed E-state index contributed by atoms with van der Waals surface area (Å²) >= 11 is 0. The minimum absolute atomic E-state index is 0.176. The molecule has 0 aromatic heterocycles. The molecule has 0 bridgehead atoms. The van der Waals surface area contributed by atoms with Crippen molar-refractivity contribution in [1.29, 1.82) is 0 Å². The fraction of sp³-hybridized carbons (Fsp3) is 0.467. The maximum absolute atomic E-state index is 12.1. The van der Waals surface area contributed by atoms with Crippen molar-refractivity contribution in [3.8, 4) is 0 Å². The molecule has 0 saturated carbocycles. The standard InChI is InChI=1S/C15H18N2O3/c18-14-4-2-1-3-8-16(14)12-5-6-13-11(10-12)7-9-17(13)15(19)20/h5-6,10H,1-4,7-9H2,(H,19,20). The van der Waals surface area contributed by atoms with Crippen LogP contribution in [0.1, 0.15) is 31.2 Å². The molecule has 2 amide bonds. The van der Waals surface area contributed by atoms with Crippen molar-refractivity contribution in [1.82, 2.24) is 0 Å². The van der Waals surface area contributed by atoms with Gasteiger partial charge in [0.25, 0.3) is 0 Å². The third kappa shape index (κ3) is 2.24. The highest BCUT2D eigenvalue weighted by molar-refractivity contribution is 5.95. The number of carbonyl (C=O) groups excluding carboxylic acids is 1. The summed E-state index contributed by atoms with van der Waals surface area (Å²) in [6.07, 6.45) is 3.51. The van der Waals surface area contributed by atoms with Gasteiger partial charge in [0.15, 0.2) is 0 Å². The molecule has 5 heteroatoms. The second-order valence-corrected chi connectivity index (χ2v) is 5.35. The number of amides is 2. The van der Waals surface area contributed by atoms with E-state index in [2.05, 4.69) is 0 Å². The summed E-state index contributed by atoms with van der Waals surface area (Å²) in [5.74, 6) is 0.176. The van der Waals surface area contributed by atoms with Crippen molar-refractivity contribution in [3.63, 3.8) is 0 Å². The summed E-state index contributed by atoms with van der Waals surface area (Å²) < 4.78 is 0. The zero-order chi connectivity index (χ0) is 14.1. The Morgan fingerprint density at radius 2 is 1.95 bits per heavy atom. The molecule has 1 aromatic carbocycles. The van der Waals surface area contributed by atoms with E-state index in [-0.39, 0.29) is 5.91 Å². The lowest BCUT2D eigenvalue weighted by Gasteiger charge is -2.22. The number of anilines is 2. The molecule has 0 atom stereocenters. The highest BCUT2D eigenvalue weighted by atomic mass is 16.4. The Bertz CT molecular complexity index is 556. The second-order valence-electron chi connectivity index (χ2n) is 5.35. The van der Waals surface area contributed by atoms with Crippen molar-refractivity contribution >= 4 is 23.4 Å². The summed E-state index contributed by atoms with van der Waals surface area (Å²) in [5.41, 5.74) is 2.67. The summed E-state index contributed by atoms with van der Waals surface area (Å²) in [6.45, 7) is 1.27. The average Bonchev–Trinajstić information content (AvgIpc) is 2.74. The zero-order valence-electron chi connectivity index (χ0n) is 11.3. The van der Waals surface area contributed by atoms with Gasteiger partial charge in [-0.05, 0) is 43.0 Å². The van der Waals surface area contributed by atoms with Gasteiger partial charge in [0.2, 0.25) is 5.91 Å². The van der Waals surface area contributed by atoms with Crippen LogP contribution in [0.3, 0.4) is 0 Å². The number of carboxylic acid groups (broad SMARTS) is 1. The van der Waals surface area contributed by atoms with Gasteiger partial charge in [0.1, 0.15) is 0 Å². The molecule has 0 unspecified atom stereocenters. The van der Waals surface area contributed by atoms with Crippen LogP contribution < -0.4 is 9.80 Å².